The van der Waals surface area contributed by atoms with Crippen LogP contribution in [-0.2, 0) is 29.1 Å². The van der Waals surface area contributed by atoms with Crippen LogP contribution in [0.25, 0.3) is 0 Å². The molecule has 1 aromatic carbocycles. The maximum Gasteiger partial charge on any atom is 0.246 e. The predicted octanol–water partition coefficient (Wildman–Crippen LogP) is 1.53. The van der Waals surface area contributed by atoms with Crippen molar-refractivity contribution in [2.24, 2.45) is 4.99 Å². The number of anilines is 1. The van der Waals surface area contributed by atoms with Gasteiger partial charge in [-0.2, -0.15) is 5.10 Å². The Morgan fingerprint density at radius 2 is 2.29 bits per heavy atom. The number of ether oxygens (including phenoxy) is 1. The molecule has 3 N–H and O–H groups in total. The molecule has 31 heavy (non-hydrogen) atoms. The maximum absolute atomic E-state index is 12.3. The molecule has 9 nitrogen and oxygen atoms in total. The van der Waals surface area contributed by atoms with E-state index in [0.717, 1.165) is 18.7 Å². The summed E-state index contributed by atoms with van der Waals surface area (Å²) in [4.78, 5) is 21.2. The average molecular weight is 537 g/mol. The number of nitrogens with one attached hydrogen (secondary N) is 3. The number of aromatic nitrogens is 3. The smallest absolute Gasteiger partial charge is 0.246 e. The standard InChI is InChI=1S/C21H27N7O2.HI/c1-4-15-7-6-8-16(11-15)24-20(29)12-23-21(22-5-2)25-17-9-10-19-26-18(14-30-3)27-28(19)13-17;/h1,6-8,11,17H,5,9-10,12-14H2,2-3H3,(H,24,29)(H2,22,23,25);1H. The number of hydrogen-bond donors (Lipinski definition) is 3. The number of nitrogens with zero attached hydrogens (tertiary/aromatic N) is 4. The van der Waals surface area contributed by atoms with Crippen molar-refractivity contribution in [3.05, 3.63) is 41.5 Å². The summed E-state index contributed by atoms with van der Waals surface area (Å²) in [6.45, 7) is 3.75. The van der Waals surface area contributed by atoms with Gasteiger partial charge in [-0.1, -0.05) is 12.0 Å². The summed E-state index contributed by atoms with van der Waals surface area (Å²) in [6, 6.07) is 7.30. The van der Waals surface area contributed by atoms with Crippen LogP contribution < -0.4 is 16.0 Å². The highest BCUT2D eigenvalue weighted by Gasteiger charge is 2.22. The first kappa shape index (κ1) is 24.6. The second-order valence-electron chi connectivity index (χ2n) is 6.91. The molecule has 2 heterocycles. The molecule has 0 saturated carbocycles. The van der Waals surface area contributed by atoms with E-state index in [1.165, 1.54) is 0 Å². The number of guanidine groups is 1. The Hall–Kier alpha value is -2.65. The number of carbonyl (C=O) groups excluding carboxylic acids is 1. The second kappa shape index (κ2) is 12.3. The second-order valence-corrected chi connectivity index (χ2v) is 6.91. The summed E-state index contributed by atoms with van der Waals surface area (Å²) in [7, 11) is 1.63. The van der Waals surface area contributed by atoms with E-state index in [1.807, 2.05) is 17.7 Å². The monoisotopic (exact) mass is 537 g/mol. The number of fused-ring (bicyclic) bond motifs is 1. The lowest BCUT2D eigenvalue weighted by Gasteiger charge is -2.25. The van der Waals surface area contributed by atoms with Gasteiger partial charge >= 0.3 is 0 Å². The molecule has 10 heteroatoms. The van der Waals surface area contributed by atoms with Crippen LogP contribution >= 0.6 is 24.0 Å². The molecule has 3 rings (SSSR count). The summed E-state index contributed by atoms with van der Waals surface area (Å²) < 4.78 is 7.02. The first-order valence-electron chi connectivity index (χ1n) is 9.94. The minimum absolute atomic E-state index is 0. The number of aryl methyl sites for hydroxylation is 1. The highest BCUT2D eigenvalue weighted by atomic mass is 127. The molecule has 1 amide bonds. The Balaban J connectivity index is 0.00000341. The van der Waals surface area contributed by atoms with Crippen molar-refractivity contribution >= 4 is 41.5 Å². The van der Waals surface area contributed by atoms with Crippen LogP contribution in [0.5, 0.6) is 0 Å². The molecule has 1 unspecified atom stereocenters. The molecule has 0 bridgehead atoms. The summed E-state index contributed by atoms with van der Waals surface area (Å²) in [5.74, 6) is 4.59. The zero-order valence-corrected chi connectivity index (χ0v) is 20.1. The first-order chi connectivity index (χ1) is 14.6. The van der Waals surface area contributed by atoms with Crippen molar-refractivity contribution in [2.45, 2.75) is 39.0 Å². The predicted molar refractivity (Wildman–Crippen MR) is 130 cm³/mol. The molecule has 0 saturated heterocycles. The lowest BCUT2D eigenvalue weighted by Crippen LogP contribution is -2.47. The number of halogens is 1. The van der Waals surface area contributed by atoms with E-state index in [-0.39, 0.29) is 42.5 Å². The molecule has 2 aromatic rings. The molecule has 166 valence electrons. The zero-order chi connectivity index (χ0) is 21.3. The van der Waals surface area contributed by atoms with Crippen molar-refractivity contribution in [3.63, 3.8) is 0 Å². The van der Waals surface area contributed by atoms with Crippen LogP contribution in [0.4, 0.5) is 5.69 Å². The zero-order valence-electron chi connectivity index (χ0n) is 17.7. The van der Waals surface area contributed by atoms with Gasteiger partial charge in [-0.3, -0.25) is 4.79 Å². The van der Waals surface area contributed by atoms with Gasteiger partial charge in [-0.15, -0.1) is 30.4 Å². The maximum atomic E-state index is 12.3. The fourth-order valence-electron chi connectivity index (χ4n) is 3.22. The van der Waals surface area contributed by atoms with Crippen LogP contribution in [0.1, 0.15) is 30.6 Å². The SMILES string of the molecule is C#Cc1cccc(NC(=O)CN=C(NCC)NC2CCc3nc(COC)nn3C2)c1.I. The van der Waals surface area contributed by atoms with Crippen LogP contribution in [0.15, 0.2) is 29.3 Å². The molecule has 0 spiro atoms. The number of terminal acetylenes is 1. The van der Waals surface area contributed by atoms with E-state index in [9.17, 15) is 4.79 Å². The van der Waals surface area contributed by atoms with Crippen LogP contribution in [-0.4, -0.2) is 52.9 Å². The minimum Gasteiger partial charge on any atom is -0.377 e. The Morgan fingerprint density at radius 3 is 3.03 bits per heavy atom. The van der Waals surface area contributed by atoms with E-state index in [2.05, 4.69) is 36.9 Å². The average Bonchev–Trinajstić information content (AvgIpc) is 3.14. The van der Waals surface area contributed by atoms with Gasteiger partial charge < -0.3 is 20.7 Å². The van der Waals surface area contributed by atoms with Gasteiger partial charge in [0.25, 0.3) is 0 Å². The number of hydrogen-bond acceptors (Lipinski definition) is 5. The molecular formula is C21H28IN7O2. The topological polar surface area (TPSA) is 105 Å². The lowest BCUT2D eigenvalue weighted by molar-refractivity contribution is -0.114. The van der Waals surface area contributed by atoms with Crippen molar-refractivity contribution in [2.75, 3.05) is 25.5 Å². The van der Waals surface area contributed by atoms with E-state index in [4.69, 9.17) is 11.2 Å². The highest BCUT2D eigenvalue weighted by molar-refractivity contribution is 14.0. The molecule has 1 aliphatic rings. The van der Waals surface area contributed by atoms with Gasteiger partial charge in [-0.05, 0) is 31.5 Å². The van der Waals surface area contributed by atoms with Crippen molar-refractivity contribution in [3.8, 4) is 12.3 Å². The van der Waals surface area contributed by atoms with Gasteiger partial charge in [0.2, 0.25) is 5.91 Å². The number of aliphatic imine (C=N–C) groups is 1. The van der Waals surface area contributed by atoms with Crippen LogP contribution in [0, 0.1) is 12.3 Å². The van der Waals surface area contributed by atoms with E-state index in [1.54, 1.807) is 25.3 Å². The van der Waals surface area contributed by atoms with Crippen LogP contribution in [0.2, 0.25) is 0 Å². The number of rotatable bonds is 7. The molecule has 1 aliphatic heterocycles. The number of benzene rings is 1. The summed E-state index contributed by atoms with van der Waals surface area (Å²) in [5.41, 5.74) is 1.37. The van der Waals surface area contributed by atoms with Gasteiger partial charge in [-0.25, -0.2) is 14.7 Å². The van der Waals surface area contributed by atoms with Gasteiger partial charge in [0.05, 0.1) is 6.54 Å². The molecular weight excluding hydrogens is 509 g/mol. The van der Waals surface area contributed by atoms with Crippen molar-refractivity contribution in [1.82, 2.24) is 25.4 Å². The third kappa shape index (κ3) is 7.22. The molecule has 0 aliphatic carbocycles. The Morgan fingerprint density at radius 1 is 1.45 bits per heavy atom. The molecule has 1 aromatic heterocycles. The fourth-order valence-corrected chi connectivity index (χ4v) is 3.22. The lowest BCUT2D eigenvalue weighted by atomic mass is 10.1. The normalized spacial score (nSPS) is 15.3. The van der Waals surface area contributed by atoms with Crippen LogP contribution in [0.3, 0.4) is 0 Å². The van der Waals surface area contributed by atoms with E-state index < -0.39 is 0 Å². The van der Waals surface area contributed by atoms with Gasteiger partial charge in [0.15, 0.2) is 11.8 Å². The highest BCUT2D eigenvalue weighted by Crippen LogP contribution is 2.13. The van der Waals surface area contributed by atoms with Crippen molar-refractivity contribution in [1.29, 1.82) is 0 Å². The fraction of sp³-hybridized carbons (Fsp3) is 0.429. The molecule has 1 atom stereocenters. The van der Waals surface area contributed by atoms with E-state index >= 15 is 0 Å². The Kier molecular flexibility index (Phi) is 9.74. The molecule has 0 radical (unpaired) electrons. The summed E-state index contributed by atoms with van der Waals surface area (Å²) >= 11 is 0. The van der Waals surface area contributed by atoms with Gasteiger partial charge in [0, 0.05) is 37.4 Å². The number of amides is 1. The summed E-state index contributed by atoms with van der Waals surface area (Å²) in [6.07, 6.45) is 7.12. The third-order valence-corrected chi connectivity index (χ3v) is 4.55. The number of methoxy groups -OCH3 is 1. The summed E-state index contributed by atoms with van der Waals surface area (Å²) in [5, 5.41) is 13.9. The Bertz CT molecular complexity index is 951. The Labute approximate surface area is 199 Å². The van der Waals surface area contributed by atoms with E-state index in [0.29, 0.717) is 42.7 Å². The quantitative estimate of drug-likeness (QED) is 0.214. The first-order valence-corrected chi connectivity index (χ1v) is 9.94. The van der Waals surface area contributed by atoms with Crippen molar-refractivity contribution < 1.29 is 9.53 Å². The largest absolute Gasteiger partial charge is 0.377 e. The minimum atomic E-state index is -0.215. The molecule has 0 fully saturated rings. The van der Waals surface area contributed by atoms with Gasteiger partial charge in [0.1, 0.15) is 19.0 Å². The third-order valence-electron chi connectivity index (χ3n) is 4.55. The number of carbonyl (C=O) groups is 1.